The van der Waals surface area contributed by atoms with Crippen LogP contribution in [0.25, 0.3) is 0 Å². The van der Waals surface area contributed by atoms with Gasteiger partial charge in [0.1, 0.15) is 6.07 Å². The molecule has 1 unspecified atom stereocenters. The maximum absolute atomic E-state index is 9.04. The first-order valence-corrected chi connectivity index (χ1v) is 6.74. The highest BCUT2D eigenvalue weighted by Gasteiger charge is 2.26. The molecular formula is C16H16N4. The van der Waals surface area contributed by atoms with E-state index in [1.54, 1.807) is 12.3 Å². The molecule has 1 aromatic heterocycles. The molecule has 2 aromatic rings. The van der Waals surface area contributed by atoms with Gasteiger partial charge in [-0.2, -0.15) is 5.26 Å². The predicted molar refractivity (Wildman–Crippen MR) is 79.4 cm³/mol. The lowest BCUT2D eigenvalue weighted by Crippen LogP contribution is -2.22. The van der Waals surface area contributed by atoms with Crippen molar-refractivity contribution in [1.82, 2.24) is 4.98 Å². The standard InChI is InChI=1S/C16H16N4/c17-10-13-6-8-19-16(15(13)18)20-9-7-14(11-20)12-4-2-1-3-5-12/h1-6,8,14H,7,9,11,18H2. The first-order valence-electron chi connectivity index (χ1n) is 6.74. The molecular weight excluding hydrogens is 248 g/mol. The first kappa shape index (κ1) is 12.5. The van der Waals surface area contributed by atoms with Crippen molar-refractivity contribution < 1.29 is 0 Å². The van der Waals surface area contributed by atoms with Crippen LogP contribution in [0, 0.1) is 11.3 Å². The summed E-state index contributed by atoms with van der Waals surface area (Å²) in [6, 6.07) is 14.3. The largest absolute Gasteiger partial charge is 0.395 e. The Labute approximate surface area is 118 Å². The van der Waals surface area contributed by atoms with E-state index in [4.69, 9.17) is 11.0 Å². The molecule has 2 N–H and O–H groups in total. The third-order valence-electron chi connectivity index (χ3n) is 3.85. The second-order valence-electron chi connectivity index (χ2n) is 5.05. The molecule has 0 amide bonds. The molecule has 1 aliphatic heterocycles. The van der Waals surface area contributed by atoms with Gasteiger partial charge in [0.2, 0.25) is 0 Å². The van der Waals surface area contributed by atoms with Crippen LogP contribution in [0.3, 0.4) is 0 Å². The molecule has 1 aromatic carbocycles. The molecule has 1 fully saturated rings. The topological polar surface area (TPSA) is 65.9 Å². The number of anilines is 2. The Bertz CT molecular complexity index is 645. The van der Waals surface area contributed by atoms with Crippen LogP contribution in [0.4, 0.5) is 11.5 Å². The minimum Gasteiger partial charge on any atom is -0.395 e. The van der Waals surface area contributed by atoms with Crippen LogP contribution in [0.2, 0.25) is 0 Å². The highest BCUT2D eigenvalue weighted by atomic mass is 15.2. The van der Waals surface area contributed by atoms with Crippen molar-refractivity contribution >= 4 is 11.5 Å². The Morgan fingerprint density at radius 2 is 2.05 bits per heavy atom. The van der Waals surface area contributed by atoms with Gasteiger partial charge >= 0.3 is 0 Å². The van der Waals surface area contributed by atoms with Gasteiger partial charge in [-0.15, -0.1) is 0 Å². The smallest absolute Gasteiger partial charge is 0.153 e. The Morgan fingerprint density at radius 3 is 2.80 bits per heavy atom. The van der Waals surface area contributed by atoms with E-state index in [1.165, 1.54) is 5.56 Å². The number of hydrogen-bond donors (Lipinski definition) is 1. The van der Waals surface area contributed by atoms with E-state index in [0.717, 1.165) is 25.3 Å². The van der Waals surface area contributed by atoms with Crippen molar-refractivity contribution in [2.24, 2.45) is 0 Å². The van der Waals surface area contributed by atoms with Gasteiger partial charge in [-0.05, 0) is 18.1 Å². The van der Waals surface area contributed by atoms with Crippen LogP contribution < -0.4 is 10.6 Å². The van der Waals surface area contributed by atoms with Gasteiger partial charge in [0.15, 0.2) is 5.82 Å². The summed E-state index contributed by atoms with van der Waals surface area (Å²) < 4.78 is 0. The molecule has 1 atom stereocenters. The maximum atomic E-state index is 9.04. The second kappa shape index (κ2) is 5.22. The average molecular weight is 264 g/mol. The number of rotatable bonds is 2. The van der Waals surface area contributed by atoms with Crippen LogP contribution in [0.5, 0.6) is 0 Å². The lowest BCUT2D eigenvalue weighted by molar-refractivity contribution is 0.774. The number of hydrogen-bond acceptors (Lipinski definition) is 4. The van der Waals surface area contributed by atoms with E-state index >= 15 is 0 Å². The molecule has 0 saturated carbocycles. The van der Waals surface area contributed by atoms with Gasteiger partial charge in [0.05, 0.1) is 11.3 Å². The zero-order valence-electron chi connectivity index (χ0n) is 11.2. The summed E-state index contributed by atoms with van der Waals surface area (Å²) >= 11 is 0. The van der Waals surface area contributed by atoms with Crippen LogP contribution in [0.15, 0.2) is 42.6 Å². The number of pyridine rings is 1. The Morgan fingerprint density at radius 1 is 1.25 bits per heavy atom. The van der Waals surface area contributed by atoms with Gasteiger partial charge in [0.25, 0.3) is 0 Å². The van der Waals surface area contributed by atoms with Crippen LogP contribution >= 0.6 is 0 Å². The summed E-state index contributed by atoms with van der Waals surface area (Å²) in [4.78, 5) is 6.52. The van der Waals surface area contributed by atoms with Gasteiger partial charge < -0.3 is 10.6 Å². The molecule has 0 radical (unpaired) electrons. The van der Waals surface area contributed by atoms with Crippen molar-refractivity contribution in [3.05, 3.63) is 53.7 Å². The predicted octanol–water partition coefficient (Wildman–Crippen LogP) is 2.53. The normalized spacial score (nSPS) is 17.9. The van der Waals surface area contributed by atoms with Crippen molar-refractivity contribution in [1.29, 1.82) is 5.26 Å². The molecule has 0 aliphatic carbocycles. The lowest BCUT2D eigenvalue weighted by atomic mass is 9.99. The van der Waals surface area contributed by atoms with Crippen LogP contribution in [-0.2, 0) is 0 Å². The molecule has 20 heavy (non-hydrogen) atoms. The van der Waals surface area contributed by atoms with Crippen molar-refractivity contribution in [3.8, 4) is 6.07 Å². The fraction of sp³-hybridized carbons (Fsp3) is 0.250. The molecule has 1 aliphatic rings. The quantitative estimate of drug-likeness (QED) is 0.905. The summed E-state index contributed by atoms with van der Waals surface area (Å²) in [5, 5.41) is 9.04. The average Bonchev–Trinajstić information content (AvgIpc) is 2.98. The van der Waals surface area contributed by atoms with E-state index in [1.807, 2.05) is 6.07 Å². The number of nitrogens with zero attached hydrogens (tertiary/aromatic N) is 3. The number of nitriles is 1. The second-order valence-corrected chi connectivity index (χ2v) is 5.05. The molecule has 0 bridgehead atoms. The van der Waals surface area contributed by atoms with E-state index in [9.17, 15) is 0 Å². The van der Waals surface area contributed by atoms with Gasteiger partial charge in [0, 0.05) is 25.2 Å². The van der Waals surface area contributed by atoms with Crippen molar-refractivity contribution in [2.45, 2.75) is 12.3 Å². The SMILES string of the molecule is N#Cc1ccnc(N2CCC(c3ccccc3)C2)c1N. The molecule has 4 nitrogen and oxygen atoms in total. The van der Waals surface area contributed by atoms with E-state index in [-0.39, 0.29) is 0 Å². The molecule has 2 heterocycles. The molecule has 4 heteroatoms. The zero-order valence-corrected chi connectivity index (χ0v) is 11.2. The van der Waals surface area contributed by atoms with E-state index in [2.05, 4.69) is 40.2 Å². The zero-order chi connectivity index (χ0) is 13.9. The van der Waals surface area contributed by atoms with Crippen LogP contribution in [0.1, 0.15) is 23.5 Å². The van der Waals surface area contributed by atoms with E-state index < -0.39 is 0 Å². The van der Waals surface area contributed by atoms with Crippen molar-refractivity contribution in [2.75, 3.05) is 23.7 Å². The monoisotopic (exact) mass is 264 g/mol. The van der Waals surface area contributed by atoms with Gasteiger partial charge in [-0.25, -0.2) is 4.98 Å². The molecule has 3 rings (SSSR count). The summed E-state index contributed by atoms with van der Waals surface area (Å²) in [6.07, 6.45) is 2.74. The van der Waals surface area contributed by atoms with Gasteiger partial charge in [-0.3, -0.25) is 0 Å². The third-order valence-corrected chi connectivity index (χ3v) is 3.85. The Balaban J connectivity index is 1.83. The lowest BCUT2D eigenvalue weighted by Gasteiger charge is -2.19. The van der Waals surface area contributed by atoms with Gasteiger partial charge in [-0.1, -0.05) is 30.3 Å². The third kappa shape index (κ3) is 2.19. The first-order chi connectivity index (χ1) is 9.79. The maximum Gasteiger partial charge on any atom is 0.153 e. The highest BCUT2D eigenvalue weighted by molar-refractivity contribution is 5.70. The molecule has 0 spiro atoms. The minimum atomic E-state index is 0.490. The summed E-state index contributed by atoms with van der Waals surface area (Å²) in [6.45, 7) is 1.82. The number of nitrogen functional groups attached to an aromatic ring is 1. The molecule has 100 valence electrons. The minimum absolute atomic E-state index is 0.490. The fourth-order valence-corrected chi connectivity index (χ4v) is 2.76. The summed E-state index contributed by atoms with van der Waals surface area (Å²) in [5.74, 6) is 1.24. The van der Waals surface area contributed by atoms with Crippen LogP contribution in [-0.4, -0.2) is 18.1 Å². The van der Waals surface area contributed by atoms with E-state index in [0.29, 0.717) is 17.2 Å². The number of benzene rings is 1. The summed E-state index contributed by atoms with van der Waals surface area (Å²) in [5.41, 5.74) is 8.37. The van der Waals surface area contributed by atoms with Crippen molar-refractivity contribution in [3.63, 3.8) is 0 Å². The number of aromatic nitrogens is 1. The Kier molecular flexibility index (Phi) is 3.26. The molecule has 1 saturated heterocycles. The Hall–Kier alpha value is -2.54. The number of nitrogens with two attached hydrogens (primary N) is 1. The highest BCUT2D eigenvalue weighted by Crippen LogP contribution is 2.33. The fourth-order valence-electron chi connectivity index (χ4n) is 2.76. The summed E-state index contributed by atoms with van der Waals surface area (Å²) in [7, 11) is 0.